The molecule has 0 radical (unpaired) electrons. The van der Waals surface area contributed by atoms with Crippen molar-refractivity contribution < 1.29 is 0 Å². The minimum atomic E-state index is 0.308. The highest BCUT2D eigenvalue weighted by Crippen LogP contribution is 2.16. The summed E-state index contributed by atoms with van der Waals surface area (Å²) in [6, 6.07) is 8.52. The van der Waals surface area contributed by atoms with Crippen LogP contribution < -0.4 is 0 Å². The Morgan fingerprint density at radius 3 is 3.07 bits per heavy atom. The maximum Gasteiger partial charge on any atom is 0.0456 e. The molecule has 1 heteroatoms. The number of aromatic nitrogens is 1. The number of aromatic amines is 1. The lowest BCUT2D eigenvalue weighted by molar-refractivity contribution is 0.752. The van der Waals surface area contributed by atoms with E-state index >= 15 is 0 Å². The molecule has 2 rings (SSSR count). The molecule has 0 saturated carbocycles. The zero-order valence-corrected chi connectivity index (χ0v) is 8.25. The Kier molecular flexibility index (Phi) is 2.28. The van der Waals surface area contributed by atoms with Crippen molar-refractivity contribution in [3.63, 3.8) is 0 Å². The van der Waals surface area contributed by atoms with E-state index in [2.05, 4.69) is 42.1 Å². The van der Waals surface area contributed by atoms with Crippen LogP contribution >= 0.6 is 0 Å². The fourth-order valence-electron chi connectivity index (χ4n) is 1.63. The molecule has 1 unspecified atom stereocenters. The van der Waals surface area contributed by atoms with Gasteiger partial charge in [0.25, 0.3) is 0 Å². The second kappa shape index (κ2) is 3.59. The van der Waals surface area contributed by atoms with Crippen molar-refractivity contribution in [2.45, 2.75) is 13.3 Å². The summed E-state index contributed by atoms with van der Waals surface area (Å²) in [5.74, 6) is 3.05. The third kappa shape index (κ3) is 1.65. The topological polar surface area (TPSA) is 15.8 Å². The zero-order valence-electron chi connectivity index (χ0n) is 8.25. The van der Waals surface area contributed by atoms with Gasteiger partial charge in [0.1, 0.15) is 0 Å². The van der Waals surface area contributed by atoms with Crippen LogP contribution in [0.5, 0.6) is 0 Å². The smallest absolute Gasteiger partial charge is 0.0456 e. The van der Waals surface area contributed by atoms with Gasteiger partial charge >= 0.3 is 0 Å². The van der Waals surface area contributed by atoms with Gasteiger partial charge in [-0.15, -0.1) is 12.3 Å². The molecule has 0 amide bonds. The molecule has 0 aliphatic heterocycles. The Hall–Kier alpha value is -1.68. The number of terminal acetylenes is 1. The van der Waals surface area contributed by atoms with Crippen molar-refractivity contribution in [1.82, 2.24) is 4.98 Å². The molecule has 1 nitrogen and oxygen atoms in total. The highest BCUT2D eigenvalue weighted by Gasteiger charge is 2.01. The van der Waals surface area contributed by atoms with Gasteiger partial charge in [0.2, 0.25) is 0 Å². The number of nitrogens with one attached hydrogen (secondary N) is 1. The molecule has 1 atom stereocenters. The Bertz CT molecular complexity index is 473. The summed E-state index contributed by atoms with van der Waals surface area (Å²) in [5.41, 5.74) is 2.48. The monoisotopic (exact) mass is 183 g/mol. The first-order chi connectivity index (χ1) is 6.79. The van der Waals surface area contributed by atoms with E-state index in [-0.39, 0.29) is 0 Å². The van der Waals surface area contributed by atoms with Gasteiger partial charge in [-0.2, -0.15) is 0 Å². The first-order valence-corrected chi connectivity index (χ1v) is 4.82. The largest absolute Gasteiger partial charge is 0.361 e. The molecule has 1 heterocycles. The highest BCUT2D eigenvalue weighted by atomic mass is 14.7. The molecular weight excluding hydrogens is 170 g/mol. The van der Waals surface area contributed by atoms with Crippen LogP contribution in [0.15, 0.2) is 30.5 Å². The number of hydrogen-bond donors (Lipinski definition) is 1. The molecule has 1 aromatic carbocycles. The van der Waals surface area contributed by atoms with E-state index in [1.807, 2.05) is 6.20 Å². The van der Waals surface area contributed by atoms with Crippen molar-refractivity contribution in [2.75, 3.05) is 0 Å². The van der Waals surface area contributed by atoms with Crippen molar-refractivity contribution in [2.24, 2.45) is 5.92 Å². The maximum atomic E-state index is 5.35. The zero-order chi connectivity index (χ0) is 9.97. The number of rotatable bonds is 2. The van der Waals surface area contributed by atoms with Crippen molar-refractivity contribution in [1.29, 1.82) is 0 Å². The lowest BCUT2D eigenvalue weighted by Gasteiger charge is -2.03. The molecule has 0 aliphatic rings. The third-order valence-corrected chi connectivity index (χ3v) is 2.45. The lowest BCUT2D eigenvalue weighted by Crippen LogP contribution is -1.95. The summed E-state index contributed by atoms with van der Waals surface area (Å²) in [6.45, 7) is 2.07. The molecule has 0 spiro atoms. The number of benzene rings is 1. The van der Waals surface area contributed by atoms with E-state index in [4.69, 9.17) is 6.42 Å². The molecule has 2 aromatic rings. The summed E-state index contributed by atoms with van der Waals surface area (Å²) in [4.78, 5) is 3.20. The van der Waals surface area contributed by atoms with Gasteiger partial charge in [-0.05, 0) is 29.5 Å². The van der Waals surface area contributed by atoms with Gasteiger partial charge in [0.15, 0.2) is 0 Å². The molecule has 0 fully saturated rings. The first kappa shape index (κ1) is 8.90. The van der Waals surface area contributed by atoms with Crippen LogP contribution in [0.1, 0.15) is 12.5 Å². The van der Waals surface area contributed by atoms with Crippen LogP contribution in [0.3, 0.4) is 0 Å². The minimum Gasteiger partial charge on any atom is -0.361 e. The van der Waals surface area contributed by atoms with Crippen LogP contribution in [0.2, 0.25) is 0 Å². The third-order valence-electron chi connectivity index (χ3n) is 2.45. The van der Waals surface area contributed by atoms with E-state index in [1.165, 1.54) is 16.5 Å². The summed E-state index contributed by atoms with van der Waals surface area (Å²) < 4.78 is 0. The van der Waals surface area contributed by atoms with E-state index in [1.54, 1.807) is 0 Å². The summed E-state index contributed by atoms with van der Waals surface area (Å²) in [6.07, 6.45) is 8.26. The predicted molar refractivity (Wildman–Crippen MR) is 60.0 cm³/mol. The molecule has 0 aliphatic carbocycles. The molecule has 14 heavy (non-hydrogen) atoms. The molecule has 70 valence electrons. The van der Waals surface area contributed by atoms with Crippen molar-refractivity contribution in [3.05, 3.63) is 36.0 Å². The normalized spacial score (nSPS) is 12.6. The molecule has 1 N–H and O–H groups in total. The van der Waals surface area contributed by atoms with E-state index in [0.717, 1.165) is 6.42 Å². The van der Waals surface area contributed by atoms with Crippen molar-refractivity contribution >= 4 is 10.9 Å². The number of hydrogen-bond acceptors (Lipinski definition) is 0. The Balaban J connectivity index is 2.31. The SMILES string of the molecule is C#CC(C)Cc1ccc2cc[nH]c2c1. The van der Waals surface area contributed by atoms with E-state index < -0.39 is 0 Å². The summed E-state index contributed by atoms with van der Waals surface area (Å²) in [5, 5.41) is 1.25. The fraction of sp³-hybridized carbons (Fsp3) is 0.231. The second-order valence-corrected chi connectivity index (χ2v) is 3.67. The molecule has 0 saturated heterocycles. The van der Waals surface area contributed by atoms with Gasteiger partial charge in [-0.3, -0.25) is 0 Å². The van der Waals surface area contributed by atoms with Crippen molar-refractivity contribution in [3.8, 4) is 12.3 Å². The van der Waals surface area contributed by atoms with Crippen LogP contribution in [0.4, 0.5) is 0 Å². The average Bonchev–Trinajstić information content (AvgIpc) is 2.64. The fourth-order valence-corrected chi connectivity index (χ4v) is 1.63. The first-order valence-electron chi connectivity index (χ1n) is 4.82. The lowest BCUT2D eigenvalue weighted by atomic mass is 10.0. The average molecular weight is 183 g/mol. The van der Waals surface area contributed by atoms with Gasteiger partial charge < -0.3 is 4.98 Å². The van der Waals surface area contributed by atoms with Crippen LogP contribution in [-0.2, 0) is 6.42 Å². The van der Waals surface area contributed by atoms with Crippen LogP contribution in [-0.4, -0.2) is 4.98 Å². The molecular formula is C13H13N. The summed E-state index contributed by atoms with van der Waals surface area (Å²) in [7, 11) is 0. The minimum absolute atomic E-state index is 0.308. The maximum absolute atomic E-state index is 5.35. The van der Waals surface area contributed by atoms with E-state index in [9.17, 15) is 0 Å². The highest BCUT2D eigenvalue weighted by molar-refractivity contribution is 5.79. The molecule has 0 bridgehead atoms. The van der Waals surface area contributed by atoms with Crippen LogP contribution in [0.25, 0.3) is 10.9 Å². The molecule has 1 aromatic heterocycles. The standard InChI is InChI=1S/C13H13N/c1-3-10(2)8-11-4-5-12-6-7-14-13(12)9-11/h1,4-7,9-10,14H,8H2,2H3. The Labute approximate surface area is 84.1 Å². The second-order valence-electron chi connectivity index (χ2n) is 3.67. The van der Waals surface area contributed by atoms with E-state index in [0.29, 0.717) is 5.92 Å². The van der Waals surface area contributed by atoms with Crippen LogP contribution in [0, 0.1) is 18.3 Å². The Morgan fingerprint density at radius 2 is 2.29 bits per heavy atom. The summed E-state index contributed by atoms with van der Waals surface area (Å²) >= 11 is 0. The Morgan fingerprint density at radius 1 is 1.43 bits per heavy atom. The van der Waals surface area contributed by atoms with Gasteiger partial charge in [0.05, 0.1) is 0 Å². The van der Waals surface area contributed by atoms with Gasteiger partial charge in [-0.1, -0.05) is 19.1 Å². The number of fused-ring (bicyclic) bond motifs is 1. The number of H-pyrrole nitrogens is 1. The predicted octanol–water partition coefficient (Wildman–Crippen LogP) is 2.98. The quantitative estimate of drug-likeness (QED) is 0.689. The van der Waals surface area contributed by atoms with Gasteiger partial charge in [-0.25, -0.2) is 0 Å². The van der Waals surface area contributed by atoms with Gasteiger partial charge in [0, 0.05) is 17.6 Å².